The van der Waals surface area contributed by atoms with E-state index in [1.165, 1.54) is 0 Å². The topological polar surface area (TPSA) is 24.9 Å². The van der Waals surface area contributed by atoms with Gasteiger partial charge in [0.2, 0.25) is 0 Å². The second-order valence-electron chi connectivity index (χ2n) is 5.15. The number of pyridine rings is 1. The minimum Gasteiger partial charge on any atom is -0.388 e. The molecule has 0 unspecified atom stereocenters. The molecule has 96 valence electrons. The maximum Gasteiger partial charge on any atom is 0.0912 e. The molecule has 1 aromatic carbocycles. The third-order valence-electron chi connectivity index (χ3n) is 2.95. The van der Waals surface area contributed by atoms with Crippen molar-refractivity contribution in [3.63, 3.8) is 0 Å². The fraction of sp³-hybridized carbons (Fsp3) is 0.400. The van der Waals surface area contributed by atoms with Gasteiger partial charge in [0.05, 0.1) is 10.5 Å². The lowest BCUT2D eigenvalue weighted by Gasteiger charge is -2.12. The van der Waals surface area contributed by atoms with Gasteiger partial charge < -0.3 is 5.32 Å². The Labute approximate surface area is 113 Å². The summed E-state index contributed by atoms with van der Waals surface area (Å²) in [4.78, 5) is 4.69. The zero-order chi connectivity index (χ0) is 13.3. The van der Waals surface area contributed by atoms with Gasteiger partial charge in [0.1, 0.15) is 0 Å². The van der Waals surface area contributed by atoms with Crippen LogP contribution >= 0.6 is 11.6 Å². The number of nitrogens with one attached hydrogen (secondary N) is 1. The number of hydrogen-bond acceptors (Lipinski definition) is 2. The fourth-order valence-electron chi connectivity index (χ4n) is 2.20. The highest BCUT2D eigenvalue weighted by molar-refractivity contribution is 6.35. The van der Waals surface area contributed by atoms with Crippen LogP contribution in [0.3, 0.4) is 0 Å². The summed E-state index contributed by atoms with van der Waals surface area (Å²) in [6, 6.07) is 6.22. The molecule has 0 saturated heterocycles. The molecule has 0 saturated carbocycles. The number of fused-ring (bicyclic) bond motifs is 1. The zero-order valence-corrected chi connectivity index (χ0v) is 12.1. The van der Waals surface area contributed by atoms with Gasteiger partial charge in [0, 0.05) is 23.8 Å². The molecule has 2 rings (SSSR count). The Bertz CT molecular complexity index is 576. The van der Waals surface area contributed by atoms with Crippen LogP contribution in [0.4, 0.5) is 5.69 Å². The van der Waals surface area contributed by atoms with Crippen LogP contribution in [0.5, 0.6) is 0 Å². The van der Waals surface area contributed by atoms with Crippen molar-refractivity contribution in [2.75, 3.05) is 12.4 Å². The predicted octanol–water partition coefficient (Wildman–Crippen LogP) is 4.44. The fourth-order valence-corrected chi connectivity index (χ4v) is 2.52. The van der Waals surface area contributed by atoms with Crippen LogP contribution in [0, 0.1) is 12.8 Å². The first-order valence-corrected chi connectivity index (χ1v) is 6.66. The molecule has 0 bridgehead atoms. The molecule has 2 nitrogen and oxygen atoms in total. The van der Waals surface area contributed by atoms with E-state index in [1.54, 1.807) is 0 Å². The van der Waals surface area contributed by atoms with E-state index >= 15 is 0 Å². The largest absolute Gasteiger partial charge is 0.388 e. The normalized spacial score (nSPS) is 11.2. The van der Waals surface area contributed by atoms with Crippen LogP contribution < -0.4 is 5.32 Å². The van der Waals surface area contributed by atoms with Crippen LogP contribution in [0.15, 0.2) is 18.2 Å². The molecule has 0 amide bonds. The van der Waals surface area contributed by atoms with Crippen molar-refractivity contribution in [2.45, 2.75) is 27.2 Å². The summed E-state index contributed by atoms with van der Waals surface area (Å²) >= 11 is 6.31. The van der Waals surface area contributed by atoms with Crippen molar-refractivity contribution in [2.24, 2.45) is 5.92 Å². The van der Waals surface area contributed by atoms with Crippen LogP contribution in [-0.2, 0) is 6.42 Å². The van der Waals surface area contributed by atoms with Gasteiger partial charge in [-0.25, -0.2) is 0 Å². The molecule has 18 heavy (non-hydrogen) atoms. The molecule has 1 N–H and O–H groups in total. The van der Waals surface area contributed by atoms with Gasteiger partial charge in [-0.05, 0) is 43.0 Å². The lowest BCUT2D eigenvalue weighted by molar-refractivity contribution is 0.637. The van der Waals surface area contributed by atoms with Crippen LogP contribution in [-0.4, -0.2) is 12.0 Å². The Balaban J connectivity index is 2.67. The van der Waals surface area contributed by atoms with Crippen molar-refractivity contribution < 1.29 is 0 Å². The molecule has 3 heteroatoms. The molecule has 1 aromatic heterocycles. The Morgan fingerprint density at radius 3 is 2.61 bits per heavy atom. The summed E-state index contributed by atoms with van der Waals surface area (Å²) in [6.07, 6.45) is 0.967. The van der Waals surface area contributed by atoms with Crippen molar-refractivity contribution in [3.8, 4) is 0 Å². The smallest absolute Gasteiger partial charge is 0.0912 e. The van der Waals surface area contributed by atoms with Crippen molar-refractivity contribution in [3.05, 3.63) is 34.5 Å². The summed E-state index contributed by atoms with van der Waals surface area (Å²) < 4.78 is 0. The predicted molar refractivity (Wildman–Crippen MR) is 79.6 cm³/mol. The first kappa shape index (κ1) is 13.2. The second-order valence-corrected chi connectivity index (χ2v) is 5.56. The minimum atomic E-state index is 0.587. The molecule has 0 fully saturated rings. The lowest BCUT2D eigenvalue weighted by atomic mass is 10.0. The number of aromatic nitrogens is 1. The number of aryl methyl sites for hydroxylation is 1. The minimum absolute atomic E-state index is 0.587. The van der Waals surface area contributed by atoms with E-state index in [9.17, 15) is 0 Å². The van der Waals surface area contributed by atoms with Crippen LogP contribution in [0.1, 0.15) is 25.1 Å². The highest BCUT2D eigenvalue weighted by atomic mass is 35.5. The molecular weight excluding hydrogens is 244 g/mol. The van der Waals surface area contributed by atoms with Crippen LogP contribution in [0.25, 0.3) is 10.9 Å². The number of benzene rings is 1. The molecule has 0 atom stereocenters. The zero-order valence-electron chi connectivity index (χ0n) is 11.3. The van der Waals surface area contributed by atoms with Gasteiger partial charge in [-0.3, -0.25) is 4.98 Å². The maximum absolute atomic E-state index is 6.31. The average molecular weight is 263 g/mol. The molecule has 0 spiro atoms. The first-order valence-electron chi connectivity index (χ1n) is 6.28. The van der Waals surface area contributed by atoms with Gasteiger partial charge >= 0.3 is 0 Å². The highest BCUT2D eigenvalue weighted by Crippen LogP contribution is 2.30. The van der Waals surface area contributed by atoms with E-state index in [0.717, 1.165) is 39.3 Å². The number of anilines is 1. The van der Waals surface area contributed by atoms with Gasteiger partial charge in [0.25, 0.3) is 0 Å². The molecule has 0 radical (unpaired) electrons. The summed E-state index contributed by atoms with van der Waals surface area (Å²) in [6.45, 7) is 6.44. The lowest BCUT2D eigenvalue weighted by Crippen LogP contribution is -2.01. The Morgan fingerprint density at radius 2 is 2.00 bits per heavy atom. The van der Waals surface area contributed by atoms with E-state index in [2.05, 4.69) is 31.3 Å². The number of nitrogens with zero attached hydrogens (tertiary/aromatic N) is 1. The molecular formula is C15H19ClN2. The van der Waals surface area contributed by atoms with E-state index < -0.39 is 0 Å². The molecule has 0 aliphatic carbocycles. The Morgan fingerprint density at radius 1 is 1.28 bits per heavy atom. The van der Waals surface area contributed by atoms with Gasteiger partial charge in [-0.15, -0.1) is 0 Å². The standard InChI is InChI=1S/C15H19ClN2/c1-9(2)5-11-8-14(17-4)12-6-10(3)7-13(16)15(12)18-11/h6-9H,5H2,1-4H3,(H,17,18). The van der Waals surface area contributed by atoms with Crippen LogP contribution in [0.2, 0.25) is 5.02 Å². The summed E-state index contributed by atoms with van der Waals surface area (Å²) in [7, 11) is 1.93. The van der Waals surface area contributed by atoms with Crippen molar-refractivity contribution in [1.82, 2.24) is 4.98 Å². The monoisotopic (exact) mass is 262 g/mol. The Kier molecular flexibility index (Phi) is 3.76. The Hall–Kier alpha value is -1.28. The maximum atomic E-state index is 6.31. The summed E-state index contributed by atoms with van der Waals surface area (Å²) in [5.41, 5.74) is 4.24. The van der Waals surface area contributed by atoms with Gasteiger partial charge in [-0.2, -0.15) is 0 Å². The molecule has 1 heterocycles. The van der Waals surface area contributed by atoms with E-state index in [-0.39, 0.29) is 0 Å². The van der Waals surface area contributed by atoms with Gasteiger partial charge in [-0.1, -0.05) is 25.4 Å². The molecule has 0 aliphatic rings. The highest BCUT2D eigenvalue weighted by Gasteiger charge is 2.09. The second kappa shape index (κ2) is 5.15. The van der Waals surface area contributed by atoms with E-state index in [0.29, 0.717) is 5.92 Å². The van der Waals surface area contributed by atoms with Crippen molar-refractivity contribution in [1.29, 1.82) is 0 Å². The number of hydrogen-bond donors (Lipinski definition) is 1. The third kappa shape index (κ3) is 2.59. The summed E-state index contributed by atoms with van der Waals surface area (Å²) in [5, 5.41) is 5.06. The van der Waals surface area contributed by atoms with E-state index in [4.69, 9.17) is 16.6 Å². The summed E-state index contributed by atoms with van der Waals surface area (Å²) in [5.74, 6) is 0.587. The first-order chi connectivity index (χ1) is 8.51. The third-order valence-corrected chi connectivity index (χ3v) is 3.24. The average Bonchev–Trinajstić information content (AvgIpc) is 2.28. The molecule has 0 aliphatic heterocycles. The van der Waals surface area contributed by atoms with E-state index in [1.807, 2.05) is 20.0 Å². The SMILES string of the molecule is CNc1cc(CC(C)C)nc2c(Cl)cc(C)cc12. The van der Waals surface area contributed by atoms with Gasteiger partial charge in [0.15, 0.2) is 0 Å². The number of halogens is 1. The number of rotatable bonds is 3. The van der Waals surface area contributed by atoms with Crippen molar-refractivity contribution >= 4 is 28.2 Å². The molecule has 2 aromatic rings. The quantitative estimate of drug-likeness (QED) is 0.885.